The summed E-state index contributed by atoms with van der Waals surface area (Å²) in [6.45, 7) is 4.32. The molecule has 0 bridgehead atoms. The van der Waals surface area contributed by atoms with Gasteiger partial charge in [0.15, 0.2) is 0 Å². The van der Waals surface area contributed by atoms with Gasteiger partial charge in [-0.25, -0.2) is 18.7 Å². The lowest BCUT2D eigenvalue weighted by atomic mass is 10.0. The van der Waals surface area contributed by atoms with Crippen LogP contribution in [0.25, 0.3) is 22.5 Å². The Kier molecular flexibility index (Phi) is 8.69. The third-order valence-electron chi connectivity index (χ3n) is 6.10. The number of halogens is 3. The van der Waals surface area contributed by atoms with Crippen LogP contribution in [0, 0.1) is 23.0 Å². The molecule has 0 radical (unpaired) electrons. The van der Waals surface area contributed by atoms with E-state index in [9.17, 15) is 18.8 Å². The van der Waals surface area contributed by atoms with Crippen molar-refractivity contribution in [2.45, 2.75) is 18.9 Å². The van der Waals surface area contributed by atoms with E-state index < -0.39 is 11.6 Å². The number of carbonyl (C=O) groups is 1. The van der Waals surface area contributed by atoms with Crippen LogP contribution in [0.1, 0.15) is 18.5 Å². The van der Waals surface area contributed by atoms with Crippen molar-refractivity contribution in [3.63, 3.8) is 0 Å². The van der Waals surface area contributed by atoms with Gasteiger partial charge in [0, 0.05) is 37.1 Å². The van der Waals surface area contributed by atoms with Gasteiger partial charge in [-0.3, -0.25) is 4.79 Å². The van der Waals surface area contributed by atoms with Crippen molar-refractivity contribution < 1.29 is 18.3 Å². The number of amides is 1. The molecular formula is C29H24ClF2N5O2. The molecule has 198 valence electrons. The van der Waals surface area contributed by atoms with Crippen LogP contribution in [0.5, 0.6) is 5.88 Å². The molecule has 2 aromatic carbocycles. The quantitative estimate of drug-likeness (QED) is 0.238. The molecule has 1 amide bonds. The zero-order chi connectivity index (χ0) is 27.9. The molecule has 39 heavy (non-hydrogen) atoms. The van der Waals surface area contributed by atoms with E-state index in [1.807, 2.05) is 6.07 Å². The highest BCUT2D eigenvalue weighted by molar-refractivity contribution is 6.31. The first-order chi connectivity index (χ1) is 18.8. The summed E-state index contributed by atoms with van der Waals surface area (Å²) in [4.78, 5) is 23.6. The van der Waals surface area contributed by atoms with Crippen LogP contribution in [0.4, 0.5) is 8.78 Å². The third kappa shape index (κ3) is 6.48. The van der Waals surface area contributed by atoms with Crippen molar-refractivity contribution >= 4 is 17.5 Å². The Bertz CT molecular complexity index is 1470. The number of carbonyl (C=O) groups excluding carboxylic acids is 1. The summed E-state index contributed by atoms with van der Waals surface area (Å²) < 4.78 is 33.3. The molecule has 0 unspecified atom stereocenters. The average Bonchev–Trinajstić information content (AvgIpc) is 2.94. The first-order valence-corrected chi connectivity index (χ1v) is 12.4. The van der Waals surface area contributed by atoms with E-state index in [1.165, 1.54) is 48.6 Å². The van der Waals surface area contributed by atoms with Crippen molar-refractivity contribution in [3.8, 4) is 34.5 Å². The average molecular weight is 548 g/mol. The lowest BCUT2D eigenvalue weighted by molar-refractivity contribution is -0.128. The number of nitrogens with zero attached hydrogens (tertiary/aromatic N) is 4. The lowest BCUT2D eigenvalue weighted by Crippen LogP contribution is -2.42. The molecule has 0 saturated carbocycles. The number of nitriles is 1. The first-order valence-electron chi connectivity index (χ1n) is 12.0. The fourth-order valence-corrected chi connectivity index (χ4v) is 4.26. The Morgan fingerprint density at radius 1 is 1.05 bits per heavy atom. The van der Waals surface area contributed by atoms with Crippen LogP contribution in [0.15, 0.2) is 84.1 Å². The second-order valence-corrected chi connectivity index (χ2v) is 9.07. The summed E-state index contributed by atoms with van der Waals surface area (Å²) in [5.74, 6) is -1.13. The van der Waals surface area contributed by atoms with Crippen molar-refractivity contribution in [3.05, 3.63) is 101 Å². The monoisotopic (exact) mass is 547 g/mol. The van der Waals surface area contributed by atoms with E-state index in [-0.39, 0.29) is 34.3 Å². The van der Waals surface area contributed by atoms with Gasteiger partial charge < -0.3 is 15.4 Å². The Balaban J connectivity index is 1.60. The predicted octanol–water partition coefficient (Wildman–Crippen LogP) is 5.48. The van der Waals surface area contributed by atoms with Gasteiger partial charge in [0.2, 0.25) is 5.69 Å². The molecule has 7 nitrogen and oxygen atoms in total. The van der Waals surface area contributed by atoms with Crippen molar-refractivity contribution in [2.75, 3.05) is 13.1 Å². The van der Waals surface area contributed by atoms with Crippen LogP contribution >= 0.6 is 11.6 Å². The second kappa shape index (κ2) is 12.3. The minimum Gasteiger partial charge on any atom is -0.472 e. The molecule has 4 rings (SSSR count). The normalized spacial score (nSPS) is 14.6. The zero-order valence-electron chi connectivity index (χ0n) is 20.8. The van der Waals surface area contributed by atoms with Crippen LogP contribution in [0.2, 0.25) is 0 Å². The number of nitrogens with two attached hydrogens (primary N) is 1. The van der Waals surface area contributed by atoms with Gasteiger partial charge in [-0.15, -0.1) is 0 Å². The van der Waals surface area contributed by atoms with Gasteiger partial charge >= 0.3 is 0 Å². The molecular weight excluding hydrogens is 524 g/mol. The number of hydrogen-bond donors (Lipinski definition) is 1. The van der Waals surface area contributed by atoms with Crippen molar-refractivity contribution in [1.29, 1.82) is 5.26 Å². The summed E-state index contributed by atoms with van der Waals surface area (Å²) in [6.07, 6.45) is 5.18. The number of hydrogen-bond acceptors (Lipinski definition) is 6. The number of likely N-dealkylation sites (tertiary alicyclic amines) is 1. The Morgan fingerprint density at radius 3 is 2.08 bits per heavy atom. The fourth-order valence-electron chi connectivity index (χ4n) is 4.12. The highest BCUT2D eigenvalue weighted by Gasteiger charge is 2.28. The number of allylic oxidation sites excluding steroid dienone is 2. The Hall–Kier alpha value is -4.55. The predicted molar refractivity (Wildman–Crippen MR) is 144 cm³/mol. The van der Waals surface area contributed by atoms with Gasteiger partial charge in [0.25, 0.3) is 11.8 Å². The van der Waals surface area contributed by atoms with E-state index in [1.54, 1.807) is 23.1 Å². The van der Waals surface area contributed by atoms with Gasteiger partial charge in [0.05, 0.1) is 11.3 Å². The standard InChI is InChI=1S/C29H24ClF2N5O2/c1-2-3-4-23(27(30)34)29(38)37-15-13-22(14-16-37)39-28-24(17-33)35-25(18-5-9-20(31)10-6-18)26(36-28)19-7-11-21(32)12-8-19/h2-12,22H,1,13-16,34H2/b4-3-,27-23+. The zero-order valence-corrected chi connectivity index (χ0v) is 21.5. The number of aromatic nitrogens is 2. The molecule has 1 aliphatic rings. The Labute approximate surface area is 229 Å². The van der Waals surface area contributed by atoms with Gasteiger partial charge in [-0.2, -0.15) is 5.26 Å². The van der Waals surface area contributed by atoms with E-state index in [4.69, 9.17) is 22.1 Å². The summed E-state index contributed by atoms with van der Waals surface area (Å²) >= 11 is 5.92. The molecule has 1 aromatic heterocycles. The number of rotatable bonds is 7. The molecule has 1 fully saturated rings. The molecule has 2 heterocycles. The minimum atomic E-state index is -0.423. The number of benzene rings is 2. The van der Waals surface area contributed by atoms with E-state index in [0.29, 0.717) is 48.4 Å². The highest BCUT2D eigenvalue weighted by Crippen LogP contribution is 2.33. The molecule has 0 aliphatic carbocycles. The van der Waals surface area contributed by atoms with E-state index in [2.05, 4.69) is 16.5 Å². The summed E-state index contributed by atoms with van der Waals surface area (Å²) in [5.41, 5.74) is 7.57. The van der Waals surface area contributed by atoms with Crippen molar-refractivity contribution in [2.24, 2.45) is 5.73 Å². The molecule has 10 heteroatoms. The van der Waals surface area contributed by atoms with Gasteiger partial charge in [-0.05, 0) is 54.6 Å². The van der Waals surface area contributed by atoms with Crippen LogP contribution in [-0.2, 0) is 4.79 Å². The SMILES string of the molecule is C=C/C=C\C(C(=O)N1CCC(Oc2nc(-c3ccc(F)cc3)c(-c3ccc(F)cc3)nc2C#N)CC1)=C(/N)Cl. The third-order valence-corrected chi connectivity index (χ3v) is 6.30. The topological polar surface area (TPSA) is 105 Å². The number of ether oxygens (including phenoxy) is 1. The van der Waals surface area contributed by atoms with Crippen LogP contribution in [-0.4, -0.2) is 40.0 Å². The molecule has 2 N–H and O–H groups in total. The number of piperidine rings is 1. The molecule has 0 spiro atoms. The second-order valence-electron chi connectivity index (χ2n) is 8.67. The smallest absolute Gasteiger partial charge is 0.256 e. The lowest BCUT2D eigenvalue weighted by Gasteiger charge is -2.32. The maximum absolute atomic E-state index is 13.6. The largest absolute Gasteiger partial charge is 0.472 e. The maximum atomic E-state index is 13.6. The van der Waals surface area contributed by atoms with Gasteiger partial charge in [-0.1, -0.05) is 30.3 Å². The first kappa shape index (κ1) is 27.5. The van der Waals surface area contributed by atoms with Crippen molar-refractivity contribution in [1.82, 2.24) is 14.9 Å². The van der Waals surface area contributed by atoms with Gasteiger partial charge in [0.1, 0.15) is 34.7 Å². The Morgan fingerprint density at radius 2 is 1.59 bits per heavy atom. The van der Waals surface area contributed by atoms with Crippen LogP contribution in [0.3, 0.4) is 0 Å². The fraction of sp³-hybridized carbons (Fsp3) is 0.172. The molecule has 1 aliphatic heterocycles. The van der Waals surface area contributed by atoms with E-state index in [0.717, 1.165) is 0 Å². The summed E-state index contributed by atoms with van der Waals surface area (Å²) in [7, 11) is 0. The molecule has 1 saturated heterocycles. The maximum Gasteiger partial charge on any atom is 0.256 e. The minimum absolute atomic E-state index is 0.0203. The van der Waals surface area contributed by atoms with E-state index >= 15 is 0 Å². The molecule has 0 atom stereocenters. The molecule has 3 aromatic rings. The summed E-state index contributed by atoms with van der Waals surface area (Å²) in [5, 5.41) is 9.71. The summed E-state index contributed by atoms with van der Waals surface area (Å²) in [6, 6.07) is 13.3. The van der Waals surface area contributed by atoms with Crippen LogP contribution < -0.4 is 10.5 Å². The highest BCUT2D eigenvalue weighted by atomic mass is 35.5.